The molecule has 1 aliphatic rings. The van der Waals surface area contributed by atoms with Gasteiger partial charge in [0.2, 0.25) is 6.41 Å². The van der Waals surface area contributed by atoms with Gasteiger partial charge in [-0.3, -0.25) is 14.0 Å². The van der Waals surface area contributed by atoms with Crippen LogP contribution in [0.15, 0.2) is 0 Å². The van der Waals surface area contributed by atoms with Crippen LogP contribution in [0.4, 0.5) is 0 Å². The highest BCUT2D eigenvalue weighted by Crippen LogP contribution is 2.55. The molecular formula is C7H14NO4PS. The summed E-state index contributed by atoms with van der Waals surface area (Å²) in [4.78, 5) is 19.2. The van der Waals surface area contributed by atoms with Crippen LogP contribution in [0.3, 0.4) is 0 Å². The maximum absolute atomic E-state index is 11.3. The van der Waals surface area contributed by atoms with Crippen molar-refractivity contribution in [3.05, 3.63) is 0 Å². The van der Waals surface area contributed by atoms with E-state index in [9.17, 15) is 14.3 Å². The summed E-state index contributed by atoms with van der Waals surface area (Å²) in [6, 6.07) is 0. The number of hydrogen-bond acceptors (Lipinski definition) is 4. The van der Waals surface area contributed by atoms with Gasteiger partial charge in [0.25, 0.3) is 0 Å². The van der Waals surface area contributed by atoms with Crippen molar-refractivity contribution in [1.82, 2.24) is 4.72 Å². The zero-order valence-electron chi connectivity index (χ0n) is 7.72. The Morgan fingerprint density at radius 3 is 2.64 bits per heavy atom. The van der Waals surface area contributed by atoms with E-state index < -0.39 is 6.80 Å². The van der Waals surface area contributed by atoms with Crippen LogP contribution >= 0.6 is 18.4 Å². The highest BCUT2D eigenvalue weighted by molar-refractivity contribution is 8.54. The van der Waals surface area contributed by atoms with E-state index in [-0.39, 0.29) is 6.10 Å². The molecule has 1 rings (SSSR count). The summed E-state index contributed by atoms with van der Waals surface area (Å²) in [6.07, 6.45) is 5.11. The Labute approximate surface area is 87.0 Å². The number of nitrogens with one attached hydrogen (secondary N) is 1. The fourth-order valence-electron chi connectivity index (χ4n) is 1.47. The van der Waals surface area contributed by atoms with Crippen LogP contribution in [0.5, 0.6) is 0 Å². The van der Waals surface area contributed by atoms with Crippen molar-refractivity contribution in [1.29, 1.82) is 0 Å². The van der Waals surface area contributed by atoms with E-state index >= 15 is 0 Å². The van der Waals surface area contributed by atoms with Gasteiger partial charge in [-0.25, -0.2) is 4.57 Å². The summed E-state index contributed by atoms with van der Waals surface area (Å²) in [6.45, 7) is -3.70. The lowest BCUT2D eigenvalue weighted by Gasteiger charge is -2.23. The van der Waals surface area contributed by atoms with E-state index in [1.807, 2.05) is 0 Å². The summed E-state index contributed by atoms with van der Waals surface area (Å²) >= 11 is 0.443. The number of carbonyl (C=O) groups excluding carboxylic acids is 1. The molecule has 0 spiro atoms. The van der Waals surface area contributed by atoms with Crippen molar-refractivity contribution in [2.24, 2.45) is 0 Å². The van der Waals surface area contributed by atoms with Gasteiger partial charge in [-0.15, -0.1) is 0 Å². The molecule has 1 saturated carbocycles. The minimum atomic E-state index is -3.70. The van der Waals surface area contributed by atoms with Gasteiger partial charge >= 0.3 is 6.80 Å². The molecule has 1 fully saturated rings. The third-order valence-corrected chi connectivity index (χ3v) is 4.31. The van der Waals surface area contributed by atoms with Crippen LogP contribution < -0.4 is 4.72 Å². The highest BCUT2D eigenvalue weighted by atomic mass is 32.7. The molecule has 0 bridgehead atoms. The Balaban J connectivity index is 2.32. The van der Waals surface area contributed by atoms with Crippen molar-refractivity contribution in [2.75, 3.05) is 0 Å². The number of amides is 1. The first-order chi connectivity index (χ1) is 6.64. The molecule has 82 valence electrons. The minimum Gasteiger partial charge on any atom is -0.315 e. The van der Waals surface area contributed by atoms with E-state index in [2.05, 4.69) is 4.72 Å². The maximum Gasteiger partial charge on any atom is 0.406 e. The molecule has 0 aromatic rings. The first-order valence-electron chi connectivity index (χ1n) is 4.53. The molecule has 1 amide bonds. The predicted octanol–water partition coefficient (Wildman–Crippen LogP) is 1.83. The predicted molar refractivity (Wildman–Crippen MR) is 54.6 cm³/mol. The average molecular weight is 239 g/mol. The second kappa shape index (κ2) is 5.75. The lowest BCUT2D eigenvalue weighted by atomic mass is 9.98. The van der Waals surface area contributed by atoms with Crippen LogP contribution in [0, 0.1) is 0 Å². The zero-order chi connectivity index (χ0) is 10.4. The Morgan fingerprint density at radius 2 is 2.07 bits per heavy atom. The Morgan fingerprint density at radius 1 is 1.43 bits per heavy atom. The van der Waals surface area contributed by atoms with Crippen LogP contribution in [-0.2, 0) is 13.9 Å². The second-order valence-electron chi connectivity index (χ2n) is 3.16. The first-order valence-corrected chi connectivity index (χ1v) is 7.53. The van der Waals surface area contributed by atoms with Crippen molar-refractivity contribution >= 4 is 24.8 Å². The molecule has 1 aliphatic carbocycles. The molecule has 14 heavy (non-hydrogen) atoms. The molecular weight excluding hydrogens is 225 g/mol. The van der Waals surface area contributed by atoms with Crippen molar-refractivity contribution < 1.29 is 18.8 Å². The summed E-state index contributed by atoms with van der Waals surface area (Å²) in [5, 5.41) is 0. The fraction of sp³-hybridized carbons (Fsp3) is 0.857. The summed E-state index contributed by atoms with van der Waals surface area (Å²) in [7, 11) is 0. The third kappa shape index (κ3) is 4.46. The van der Waals surface area contributed by atoms with Crippen molar-refractivity contribution in [2.45, 2.75) is 38.2 Å². The highest BCUT2D eigenvalue weighted by Gasteiger charge is 2.27. The average Bonchev–Trinajstić information content (AvgIpc) is 2.16. The second-order valence-corrected chi connectivity index (χ2v) is 6.66. The molecule has 0 aromatic carbocycles. The smallest absolute Gasteiger partial charge is 0.315 e. The molecule has 0 aliphatic heterocycles. The molecule has 5 nitrogen and oxygen atoms in total. The number of rotatable bonds is 5. The van der Waals surface area contributed by atoms with Crippen LogP contribution in [0.2, 0.25) is 0 Å². The summed E-state index contributed by atoms with van der Waals surface area (Å²) < 4.78 is 18.4. The standard InChI is InChI=1S/C7H14NO4PS/c9-6-8-14-13(10,11)12-7-4-2-1-3-5-7/h6-7H,1-5H2,(H,8,9)(H,10,11). The molecule has 0 heterocycles. The van der Waals surface area contributed by atoms with E-state index in [4.69, 9.17) is 4.52 Å². The Bertz CT molecular complexity index is 232. The third-order valence-electron chi connectivity index (χ3n) is 2.05. The summed E-state index contributed by atoms with van der Waals surface area (Å²) in [5.41, 5.74) is 0. The zero-order valence-corrected chi connectivity index (χ0v) is 9.43. The minimum absolute atomic E-state index is 0.138. The summed E-state index contributed by atoms with van der Waals surface area (Å²) in [5.74, 6) is 0. The number of carbonyl (C=O) groups is 1. The Kier molecular flexibility index (Phi) is 4.95. The van der Waals surface area contributed by atoms with Crippen molar-refractivity contribution in [3.63, 3.8) is 0 Å². The molecule has 0 saturated heterocycles. The van der Waals surface area contributed by atoms with Crippen LogP contribution in [0.25, 0.3) is 0 Å². The van der Waals surface area contributed by atoms with Gasteiger partial charge in [0.05, 0.1) is 17.7 Å². The largest absolute Gasteiger partial charge is 0.406 e. The molecule has 1 atom stereocenters. The van der Waals surface area contributed by atoms with Gasteiger partial charge < -0.3 is 4.89 Å². The van der Waals surface area contributed by atoms with E-state index in [0.717, 1.165) is 32.1 Å². The van der Waals surface area contributed by atoms with Gasteiger partial charge in [-0.2, -0.15) is 0 Å². The quantitative estimate of drug-likeness (QED) is 0.435. The topological polar surface area (TPSA) is 75.6 Å². The number of hydrogen-bond donors (Lipinski definition) is 2. The SMILES string of the molecule is O=CNSP(=O)(O)OC1CCCCC1. The van der Waals surface area contributed by atoms with Gasteiger partial charge in [0, 0.05) is 0 Å². The van der Waals surface area contributed by atoms with Gasteiger partial charge in [-0.05, 0) is 12.8 Å². The van der Waals surface area contributed by atoms with E-state index in [0.29, 0.717) is 18.0 Å². The van der Waals surface area contributed by atoms with Gasteiger partial charge in [0.1, 0.15) is 0 Å². The van der Waals surface area contributed by atoms with E-state index in [1.165, 1.54) is 0 Å². The van der Waals surface area contributed by atoms with Gasteiger partial charge in [-0.1, -0.05) is 19.3 Å². The fourth-order valence-corrected chi connectivity index (χ4v) is 3.30. The molecule has 7 heteroatoms. The normalized spacial score (nSPS) is 22.6. The molecule has 2 N–H and O–H groups in total. The van der Waals surface area contributed by atoms with E-state index in [1.54, 1.807) is 0 Å². The van der Waals surface area contributed by atoms with Gasteiger partial charge in [0.15, 0.2) is 0 Å². The lowest BCUT2D eigenvalue weighted by Crippen LogP contribution is -2.15. The molecule has 1 unspecified atom stereocenters. The molecule has 0 aromatic heterocycles. The van der Waals surface area contributed by atoms with Crippen LogP contribution in [0.1, 0.15) is 32.1 Å². The lowest BCUT2D eigenvalue weighted by molar-refractivity contribution is -0.107. The maximum atomic E-state index is 11.3. The first kappa shape index (κ1) is 12.0. The Hall–Kier alpha value is -0.0300. The molecule has 0 radical (unpaired) electrons. The van der Waals surface area contributed by atoms with Crippen LogP contribution in [-0.4, -0.2) is 17.4 Å². The van der Waals surface area contributed by atoms with Crippen molar-refractivity contribution in [3.8, 4) is 0 Å². The monoisotopic (exact) mass is 239 g/mol.